The van der Waals surface area contributed by atoms with E-state index in [9.17, 15) is 9.90 Å². The lowest BCUT2D eigenvalue weighted by Crippen LogP contribution is -2.24. The van der Waals surface area contributed by atoms with E-state index in [1.807, 2.05) is 35.8 Å². The van der Waals surface area contributed by atoms with Crippen LogP contribution in [0.4, 0.5) is 0 Å². The third-order valence-electron chi connectivity index (χ3n) is 4.19. The SMILES string of the molecule is CCc1nc2ccccc2n1CC(O)COc1ccc(CC(N)=O)cc1. The molecule has 1 aromatic heterocycles. The molecule has 6 nitrogen and oxygen atoms in total. The van der Waals surface area contributed by atoms with Crippen molar-refractivity contribution >= 4 is 16.9 Å². The molecule has 2 aromatic carbocycles. The summed E-state index contributed by atoms with van der Waals surface area (Å²) in [5.74, 6) is 1.22. The molecule has 1 unspecified atom stereocenters. The summed E-state index contributed by atoms with van der Waals surface area (Å²) in [6.07, 6.45) is 0.336. The number of ether oxygens (including phenoxy) is 1. The highest BCUT2D eigenvalue weighted by molar-refractivity contribution is 5.76. The Morgan fingerprint density at radius 1 is 1.23 bits per heavy atom. The first-order valence-corrected chi connectivity index (χ1v) is 8.69. The van der Waals surface area contributed by atoms with Gasteiger partial charge in [-0.1, -0.05) is 31.2 Å². The molecule has 0 saturated carbocycles. The Hall–Kier alpha value is -2.86. The van der Waals surface area contributed by atoms with Gasteiger partial charge < -0.3 is 20.1 Å². The van der Waals surface area contributed by atoms with E-state index < -0.39 is 6.10 Å². The van der Waals surface area contributed by atoms with E-state index >= 15 is 0 Å². The molecule has 136 valence electrons. The van der Waals surface area contributed by atoms with Crippen LogP contribution in [-0.2, 0) is 24.2 Å². The number of nitrogens with zero attached hydrogens (tertiary/aromatic N) is 2. The second-order valence-corrected chi connectivity index (χ2v) is 6.23. The van der Waals surface area contributed by atoms with Gasteiger partial charge in [-0.15, -0.1) is 0 Å². The van der Waals surface area contributed by atoms with Gasteiger partial charge in [0.25, 0.3) is 0 Å². The zero-order chi connectivity index (χ0) is 18.5. The fourth-order valence-electron chi connectivity index (χ4n) is 2.96. The number of benzene rings is 2. The standard InChI is InChI=1S/C20H23N3O3/c1-2-20-22-17-5-3-4-6-18(17)23(20)12-15(24)13-26-16-9-7-14(8-10-16)11-19(21)25/h3-10,15,24H,2,11-13H2,1H3,(H2,21,25). The van der Waals surface area contributed by atoms with Crippen LogP contribution < -0.4 is 10.5 Å². The summed E-state index contributed by atoms with van der Waals surface area (Å²) >= 11 is 0. The van der Waals surface area contributed by atoms with Crippen LogP contribution in [0.5, 0.6) is 5.75 Å². The lowest BCUT2D eigenvalue weighted by molar-refractivity contribution is -0.117. The minimum atomic E-state index is -0.664. The number of aryl methyl sites for hydroxylation is 1. The van der Waals surface area contributed by atoms with Crippen molar-refractivity contribution in [1.82, 2.24) is 9.55 Å². The first kappa shape index (κ1) is 17.9. The fraction of sp³-hybridized carbons (Fsp3) is 0.300. The maximum absolute atomic E-state index is 10.9. The van der Waals surface area contributed by atoms with Gasteiger partial charge >= 0.3 is 0 Å². The summed E-state index contributed by atoms with van der Waals surface area (Å²) in [6, 6.07) is 15.0. The highest BCUT2D eigenvalue weighted by Gasteiger charge is 2.13. The van der Waals surface area contributed by atoms with E-state index in [1.54, 1.807) is 24.3 Å². The highest BCUT2D eigenvalue weighted by atomic mass is 16.5. The van der Waals surface area contributed by atoms with E-state index in [0.717, 1.165) is 28.8 Å². The quantitative estimate of drug-likeness (QED) is 0.649. The van der Waals surface area contributed by atoms with Gasteiger partial charge in [0.15, 0.2) is 0 Å². The molecule has 3 rings (SSSR count). The molecule has 0 saturated heterocycles. The van der Waals surface area contributed by atoms with E-state index in [2.05, 4.69) is 4.98 Å². The molecule has 1 heterocycles. The molecule has 6 heteroatoms. The summed E-state index contributed by atoms with van der Waals surface area (Å²) in [5.41, 5.74) is 7.96. The van der Waals surface area contributed by atoms with Gasteiger partial charge in [0.1, 0.15) is 24.3 Å². The molecular weight excluding hydrogens is 330 g/mol. The normalized spacial score (nSPS) is 12.2. The van der Waals surface area contributed by atoms with Gasteiger partial charge in [0.2, 0.25) is 5.91 Å². The number of primary amides is 1. The predicted molar refractivity (Wildman–Crippen MR) is 100.0 cm³/mol. The zero-order valence-electron chi connectivity index (χ0n) is 14.8. The number of carbonyl (C=O) groups is 1. The number of imidazole rings is 1. The number of amides is 1. The third kappa shape index (κ3) is 4.21. The van der Waals surface area contributed by atoms with Gasteiger partial charge in [0.05, 0.1) is 24.0 Å². The Kier molecular flexibility index (Phi) is 5.53. The molecular formula is C20H23N3O3. The maximum atomic E-state index is 10.9. The average Bonchev–Trinajstić information content (AvgIpc) is 2.98. The van der Waals surface area contributed by atoms with Crippen molar-refractivity contribution < 1.29 is 14.6 Å². The fourth-order valence-corrected chi connectivity index (χ4v) is 2.96. The Morgan fingerprint density at radius 2 is 1.96 bits per heavy atom. The molecule has 0 bridgehead atoms. The minimum Gasteiger partial charge on any atom is -0.491 e. The highest BCUT2D eigenvalue weighted by Crippen LogP contribution is 2.18. The molecule has 3 N–H and O–H groups in total. The molecule has 0 radical (unpaired) electrons. The number of aromatic nitrogens is 2. The average molecular weight is 353 g/mol. The second-order valence-electron chi connectivity index (χ2n) is 6.23. The summed E-state index contributed by atoms with van der Waals surface area (Å²) in [6.45, 7) is 2.64. The van der Waals surface area contributed by atoms with Crippen molar-refractivity contribution in [2.24, 2.45) is 5.73 Å². The smallest absolute Gasteiger partial charge is 0.221 e. The molecule has 0 aliphatic rings. The maximum Gasteiger partial charge on any atom is 0.221 e. The number of hydrogen-bond donors (Lipinski definition) is 2. The molecule has 1 amide bonds. The van der Waals surface area contributed by atoms with E-state index in [4.69, 9.17) is 10.5 Å². The van der Waals surface area contributed by atoms with E-state index in [1.165, 1.54) is 0 Å². The Balaban J connectivity index is 1.62. The van der Waals surface area contributed by atoms with Crippen LogP contribution in [0.15, 0.2) is 48.5 Å². The number of carbonyl (C=O) groups excluding carboxylic acids is 1. The van der Waals surface area contributed by atoms with Gasteiger partial charge in [-0.3, -0.25) is 4.79 Å². The lowest BCUT2D eigenvalue weighted by atomic mass is 10.1. The largest absolute Gasteiger partial charge is 0.491 e. The third-order valence-corrected chi connectivity index (χ3v) is 4.19. The Bertz CT molecular complexity index is 887. The molecule has 1 atom stereocenters. The number of aliphatic hydroxyl groups is 1. The molecule has 3 aromatic rings. The van der Waals surface area contributed by atoms with Crippen LogP contribution in [0.3, 0.4) is 0 Å². The van der Waals surface area contributed by atoms with E-state index in [0.29, 0.717) is 12.3 Å². The van der Waals surface area contributed by atoms with E-state index in [-0.39, 0.29) is 18.9 Å². The number of fused-ring (bicyclic) bond motifs is 1. The summed E-state index contributed by atoms with van der Waals surface area (Å²) in [5, 5.41) is 10.4. The molecule has 0 fully saturated rings. The summed E-state index contributed by atoms with van der Waals surface area (Å²) < 4.78 is 7.70. The minimum absolute atomic E-state index is 0.171. The Labute approximate surface area is 152 Å². The van der Waals surface area contributed by atoms with Crippen molar-refractivity contribution in [3.8, 4) is 5.75 Å². The van der Waals surface area contributed by atoms with Gasteiger partial charge in [-0.2, -0.15) is 0 Å². The zero-order valence-corrected chi connectivity index (χ0v) is 14.8. The number of hydrogen-bond acceptors (Lipinski definition) is 4. The van der Waals surface area contributed by atoms with Gasteiger partial charge in [0, 0.05) is 6.42 Å². The number of nitrogens with two attached hydrogens (primary N) is 1. The van der Waals surface area contributed by atoms with Crippen molar-refractivity contribution in [2.45, 2.75) is 32.4 Å². The van der Waals surface area contributed by atoms with Gasteiger partial charge in [-0.25, -0.2) is 4.98 Å². The van der Waals surface area contributed by atoms with Crippen molar-refractivity contribution in [2.75, 3.05) is 6.61 Å². The number of aliphatic hydroxyl groups excluding tert-OH is 1. The molecule has 0 spiro atoms. The molecule has 0 aliphatic heterocycles. The first-order chi connectivity index (χ1) is 12.6. The Morgan fingerprint density at radius 3 is 2.65 bits per heavy atom. The van der Waals surface area contributed by atoms with Crippen LogP contribution in [0, 0.1) is 0 Å². The van der Waals surface area contributed by atoms with Crippen LogP contribution in [-0.4, -0.2) is 33.3 Å². The lowest BCUT2D eigenvalue weighted by Gasteiger charge is -2.15. The van der Waals surface area contributed by atoms with Crippen LogP contribution in [0.2, 0.25) is 0 Å². The van der Waals surface area contributed by atoms with Gasteiger partial charge in [-0.05, 0) is 29.8 Å². The van der Waals surface area contributed by atoms with Crippen molar-refractivity contribution in [3.63, 3.8) is 0 Å². The predicted octanol–water partition coefficient (Wildman–Crippen LogP) is 2.07. The van der Waals surface area contributed by atoms with Crippen LogP contribution in [0.25, 0.3) is 11.0 Å². The first-order valence-electron chi connectivity index (χ1n) is 8.69. The number of para-hydroxylation sites is 2. The van der Waals surface area contributed by atoms with Crippen LogP contribution >= 0.6 is 0 Å². The van der Waals surface area contributed by atoms with Crippen molar-refractivity contribution in [3.05, 3.63) is 59.9 Å². The second kappa shape index (κ2) is 8.01. The molecule has 0 aliphatic carbocycles. The summed E-state index contributed by atoms with van der Waals surface area (Å²) in [7, 11) is 0. The van der Waals surface area contributed by atoms with Crippen LogP contribution in [0.1, 0.15) is 18.3 Å². The summed E-state index contributed by atoms with van der Waals surface area (Å²) in [4.78, 5) is 15.5. The topological polar surface area (TPSA) is 90.4 Å². The monoisotopic (exact) mass is 353 g/mol. The van der Waals surface area contributed by atoms with Crippen molar-refractivity contribution in [1.29, 1.82) is 0 Å². The number of rotatable bonds is 8. The molecule has 26 heavy (non-hydrogen) atoms.